The number of pyridine rings is 1. The van der Waals surface area contributed by atoms with Gasteiger partial charge in [0.25, 0.3) is 0 Å². The Bertz CT molecular complexity index is 1010. The summed E-state index contributed by atoms with van der Waals surface area (Å²) in [6.45, 7) is 0.350. The molecule has 0 bridgehead atoms. The maximum Gasteiger partial charge on any atom is 0.246 e. The second kappa shape index (κ2) is 9.62. The molecule has 1 amide bonds. The maximum absolute atomic E-state index is 12.4. The summed E-state index contributed by atoms with van der Waals surface area (Å²) in [5.74, 6) is 0.551. The molecule has 0 spiro atoms. The summed E-state index contributed by atoms with van der Waals surface area (Å²) in [5, 5.41) is 7.03. The minimum atomic E-state index is -0.298. The standard InChI is InChI=1S/C24H22N4O2/c29-23(26-17-19-12-13-22(25-16-19)28-15-7-14-27-28)18-30-24(20-8-3-1-4-9-20)21-10-5-2-6-11-21/h1-16,24H,17-18H2,(H,26,29). The minimum absolute atomic E-state index is 0.0345. The first-order chi connectivity index (χ1) is 14.8. The predicted molar refractivity (Wildman–Crippen MR) is 114 cm³/mol. The van der Waals surface area contributed by atoms with Gasteiger partial charge in [-0.1, -0.05) is 66.7 Å². The Balaban J connectivity index is 1.34. The molecule has 6 nitrogen and oxygen atoms in total. The Morgan fingerprint density at radius 1 is 0.933 bits per heavy atom. The fourth-order valence-electron chi connectivity index (χ4n) is 3.11. The predicted octanol–water partition coefficient (Wildman–Crippen LogP) is 3.69. The fraction of sp³-hybridized carbons (Fsp3) is 0.125. The van der Waals surface area contributed by atoms with Crippen LogP contribution in [0, 0.1) is 0 Å². The van der Waals surface area contributed by atoms with Gasteiger partial charge in [-0.05, 0) is 28.8 Å². The van der Waals surface area contributed by atoms with Crippen LogP contribution in [0.4, 0.5) is 0 Å². The van der Waals surface area contributed by atoms with Crippen LogP contribution in [-0.2, 0) is 16.1 Å². The highest BCUT2D eigenvalue weighted by molar-refractivity contribution is 5.77. The quantitative estimate of drug-likeness (QED) is 0.491. The van der Waals surface area contributed by atoms with Gasteiger partial charge in [0.05, 0.1) is 0 Å². The number of amides is 1. The molecule has 0 aliphatic rings. The van der Waals surface area contributed by atoms with Gasteiger partial charge in [0.15, 0.2) is 5.82 Å². The molecule has 30 heavy (non-hydrogen) atoms. The van der Waals surface area contributed by atoms with E-state index in [1.807, 2.05) is 85.1 Å². The lowest BCUT2D eigenvalue weighted by molar-refractivity contribution is -0.127. The highest BCUT2D eigenvalue weighted by Crippen LogP contribution is 2.25. The van der Waals surface area contributed by atoms with Crippen molar-refractivity contribution in [2.24, 2.45) is 0 Å². The van der Waals surface area contributed by atoms with Crippen LogP contribution in [0.1, 0.15) is 22.8 Å². The van der Waals surface area contributed by atoms with Crippen molar-refractivity contribution in [3.05, 3.63) is 114 Å². The van der Waals surface area contributed by atoms with Crippen molar-refractivity contribution in [3.63, 3.8) is 0 Å². The Morgan fingerprint density at radius 3 is 2.20 bits per heavy atom. The Kier molecular flexibility index (Phi) is 6.27. The zero-order valence-corrected chi connectivity index (χ0v) is 16.4. The third-order valence-corrected chi connectivity index (χ3v) is 4.62. The fourth-order valence-corrected chi connectivity index (χ4v) is 3.11. The summed E-state index contributed by atoms with van der Waals surface area (Å²) < 4.78 is 7.68. The van der Waals surface area contributed by atoms with Crippen LogP contribution in [-0.4, -0.2) is 27.3 Å². The Labute approximate surface area is 175 Å². The second-order valence-corrected chi connectivity index (χ2v) is 6.76. The molecule has 4 aromatic rings. The smallest absolute Gasteiger partial charge is 0.246 e. The van der Waals surface area contributed by atoms with E-state index in [0.717, 1.165) is 22.5 Å². The van der Waals surface area contributed by atoms with E-state index < -0.39 is 0 Å². The van der Waals surface area contributed by atoms with Gasteiger partial charge in [-0.3, -0.25) is 4.79 Å². The zero-order chi connectivity index (χ0) is 20.6. The highest BCUT2D eigenvalue weighted by atomic mass is 16.5. The van der Waals surface area contributed by atoms with Gasteiger partial charge in [-0.2, -0.15) is 5.10 Å². The lowest BCUT2D eigenvalue weighted by Crippen LogP contribution is -2.28. The summed E-state index contributed by atoms with van der Waals surface area (Å²) >= 11 is 0. The van der Waals surface area contributed by atoms with Crippen LogP contribution < -0.4 is 5.32 Å². The largest absolute Gasteiger partial charge is 0.359 e. The number of rotatable bonds is 8. The van der Waals surface area contributed by atoms with E-state index in [1.165, 1.54) is 0 Å². The van der Waals surface area contributed by atoms with Crippen LogP contribution >= 0.6 is 0 Å². The molecule has 0 saturated heterocycles. The molecule has 0 fully saturated rings. The van der Waals surface area contributed by atoms with Crippen molar-refractivity contribution in [1.29, 1.82) is 0 Å². The molecule has 2 aromatic carbocycles. The van der Waals surface area contributed by atoms with Gasteiger partial charge in [-0.15, -0.1) is 0 Å². The number of ether oxygens (including phenoxy) is 1. The van der Waals surface area contributed by atoms with Crippen molar-refractivity contribution >= 4 is 5.91 Å². The number of nitrogens with one attached hydrogen (secondary N) is 1. The highest BCUT2D eigenvalue weighted by Gasteiger charge is 2.16. The van der Waals surface area contributed by atoms with Crippen LogP contribution in [0.5, 0.6) is 0 Å². The number of hydrogen-bond acceptors (Lipinski definition) is 4. The summed E-state index contributed by atoms with van der Waals surface area (Å²) in [5.41, 5.74) is 2.92. The first-order valence-corrected chi connectivity index (χ1v) is 9.73. The lowest BCUT2D eigenvalue weighted by atomic mass is 10.0. The van der Waals surface area contributed by atoms with Crippen molar-refractivity contribution in [3.8, 4) is 5.82 Å². The lowest BCUT2D eigenvalue weighted by Gasteiger charge is -2.19. The number of benzene rings is 2. The Morgan fingerprint density at radius 2 is 1.63 bits per heavy atom. The molecule has 0 radical (unpaired) electrons. The van der Waals surface area contributed by atoms with E-state index in [-0.39, 0.29) is 18.6 Å². The number of aromatic nitrogens is 3. The van der Waals surface area contributed by atoms with E-state index in [9.17, 15) is 4.79 Å². The van der Waals surface area contributed by atoms with E-state index in [4.69, 9.17) is 4.74 Å². The van der Waals surface area contributed by atoms with Crippen molar-refractivity contribution in [2.45, 2.75) is 12.6 Å². The molecule has 0 unspecified atom stereocenters. The summed E-state index contributed by atoms with van der Waals surface area (Å²) in [4.78, 5) is 16.7. The monoisotopic (exact) mass is 398 g/mol. The van der Waals surface area contributed by atoms with Crippen molar-refractivity contribution in [1.82, 2.24) is 20.1 Å². The minimum Gasteiger partial charge on any atom is -0.359 e. The number of carbonyl (C=O) groups is 1. The summed E-state index contributed by atoms with van der Waals surface area (Å²) in [7, 11) is 0. The van der Waals surface area contributed by atoms with Gasteiger partial charge < -0.3 is 10.1 Å². The molecule has 0 saturated carbocycles. The topological polar surface area (TPSA) is 69.0 Å². The molecular formula is C24H22N4O2. The molecular weight excluding hydrogens is 376 g/mol. The van der Waals surface area contributed by atoms with Crippen LogP contribution in [0.3, 0.4) is 0 Å². The summed E-state index contributed by atoms with van der Waals surface area (Å²) in [6.07, 6.45) is 4.97. The first kappa shape index (κ1) is 19.5. The van der Waals surface area contributed by atoms with Gasteiger partial charge in [0.2, 0.25) is 5.91 Å². The van der Waals surface area contributed by atoms with Crippen LogP contribution in [0.15, 0.2) is 97.5 Å². The van der Waals surface area contributed by atoms with Gasteiger partial charge in [0.1, 0.15) is 12.7 Å². The van der Waals surface area contributed by atoms with Crippen molar-refractivity contribution in [2.75, 3.05) is 6.61 Å². The van der Waals surface area contributed by atoms with E-state index in [1.54, 1.807) is 17.1 Å². The van der Waals surface area contributed by atoms with Crippen molar-refractivity contribution < 1.29 is 9.53 Å². The first-order valence-electron chi connectivity index (χ1n) is 9.73. The molecule has 150 valence electrons. The maximum atomic E-state index is 12.4. The molecule has 0 aliphatic carbocycles. The molecule has 1 N–H and O–H groups in total. The number of hydrogen-bond donors (Lipinski definition) is 1. The average Bonchev–Trinajstić information content (AvgIpc) is 3.35. The molecule has 2 aromatic heterocycles. The molecule has 2 heterocycles. The van der Waals surface area contributed by atoms with E-state index in [2.05, 4.69) is 15.4 Å². The van der Waals surface area contributed by atoms with Gasteiger partial charge in [-0.25, -0.2) is 9.67 Å². The average molecular weight is 398 g/mol. The second-order valence-electron chi connectivity index (χ2n) is 6.76. The molecule has 0 atom stereocenters. The number of carbonyl (C=O) groups excluding carboxylic acids is 1. The normalized spacial score (nSPS) is 10.8. The SMILES string of the molecule is O=C(COC(c1ccccc1)c1ccccc1)NCc1ccc(-n2cccn2)nc1. The third-order valence-electron chi connectivity index (χ3n) is 4.62. The molecule has 6 heteroatoms. The molecule has 0 aliphatic heterocycles. The summed E-state index contributed by atoms with van der Waals surface area (Å²) in [6, 6.07) is 25.4. The third kappa shape index (κ3) is 4.98. The van der Waals surface area contributed by atoms with E-state index >= 15 is 0 Å². The van der Waals surface area contributed by atoms with Gasteiger partial charge in [0, 0.05) is 25.1 Å². The van der Waals surface area contributed by atoms with Gasteiger partial charge >= 0.3 is 0 Å². The van der Waals surface area contributed by atoms with Crippen LogP contribution in [0.25, 0.3) is 5.82 Å². The van der Waals surface area contributed by atoms with E-state index in [0.29, 0.717) is 6.54 Å². The molecule has 4 rings (SSSR count). The zero-order valence-electron chi connectivity index (χ0n) is 16.4. The van der Waals surface area contributed by atoms with Crippen LogP contribution in [0.2, 0.25) is 0 Å². The Hall–Kier alpha value is -3.77. The number of nitrogens with zero attached hydrogens (tertiary/aromatic N) is 3.